The van der Waals surface area contributed by atoms with Gasteiger partial charge in [0.2, 0.25) is 36.0 Å². The Morgan fingerprint density at radius 1 is 0.528 bits per heavy atom. The molecule has 12 N–H and O–H groups in total. The normalized spacial score (nSPS) is 13.7. The van der Waals surface area contributed by atoms with Crippen molar-refractivity contribution in [3.05, 3.63) is 150 Å². The first kappa shape index (κ1) is 65.6. The van der Waals surface area contributed by atoms with Crippen LogP contribution in [0.3, 0.4) is 0 Å². The van der Waals surface area contributed by atoms with E-state index in [4.69, 9.17) is 31.2 Å². The zero-order valence-corrected chi connectivity index (χ0v) is 49.6. The number of sulfonamides is 3. The Kier molecular flexibility index (Phi) is 19.9. The second-order valence-corrected chi connectivity index (χ2v) is 25.8. The maximum absolute atomic E-state index is 12.3. The number of carbonyl (C=O) groups excluding carboxylic acids is 1. The highest BCUT2D eigenvalue weighted by Gasteiger charge is 2.32. The van der Waals surface area contributed by atoms with Crippen molar-refractivity contribution < 1.29 is 39.9 Å². The summed E-state index contributed by atoms with van der Waals surface area (Å²) in [7, 11) is -11.3. The summed E-state index contributed by atoms with van der Waals surface area (Å²) in [6.07, 6.45) is 14.5. The Labute approximate surface area is 513 Å². The molecular weight excluding hydrogens is 1200 g/mol. The number of amides is 1. The van der Waals surface area contributed by atoms with Crippen LogP contribution < -0.4 is 37.1 Å². The van der Waals surface area contributed by atoms with Crippen LogP contribution in [0.2, 0.25) is 0 Å². The number of aryl methyl sites for hydroxylation is 3. The van der Waals surface area contributed by atoms with Gasteiger partial charge in [-0.25, -0.2) is 75.6 Å². The van der Waals surface area contributed by atoms with Crippen molar-refractivity contribution in [2.75, 3.05) is 21.7 Å². The molecule has 3 aliphatic rings. The summed E-state index contributed by atoms with van der Waals surface area (Å²) >= 11 is 0. The van der Waals surface area contributed by atoms with Gasteiger partial charge in [0, 0.05) is 63.7 Å². The third-order valence-corrected chi connectivity index (χ3v) is 16.7. The van der Waals surface area contributed by atoms with Gasteiger partial charge in [-0.15, -0.1) is 0 Å². The molecule has 0 aliphatic heterocycles. The lowest BCUT2D eigenvalue weighted by Crippen LogP contribution is -2.16. The molecule has 10 aromatic heterocycles. The Morgan fingerprint density at radius 2 is 0.966 bits per heavy atom. The lowest BCUT2D eigenvalue weighted by Gasteiger charge is -2.15. The lowest BCUT2D eigenvalue weighted by atomic mass is 10.2. The predicted molar refractivity (Wildman–Crippen MR) is 338 cm³/mol. The quantitative estimate of drug-likeness (QED) is 0.0506. The predicted octanol–water partition coefficient (Wildman–Crippen LogP) is 7.13. The van der Waals surface area contributed by atoms with Crippen LogP contribution in [-0.4, -0.2) is 96.6 Å². The number of aliphatic carboxylic acids is 1. The second kappa shape index (κ2) is 27.0. The molecule has 0 aromatic carbocycles. The van der Waals surface area contributed by atoms with E-state index in [2.05, 4.69) is 65.4 Å². The van der Waals surface area contributed by atoms with E-state index in [9.17, 15) is 34.8 Å². The van der Waals surface area contributed by atoms with E-state index in [-0.39, 0.29) is 47.3 Å². The summed E-state index contributed by atoms with van der Waals surface area (Å²) in [6.45, 7) is 6.87. The number of fused-ring (bicyclic) bond motifs is 5. The van der Waals surface area contributed by atoms with E-state index in [1.165, 1.54) is 36.8 Å². The van der Waals surface area contributed by atoms with Gasteiger partial charge in [-0.05, 0) is 132 Å². The molecule has 1 amide bonds. The Hall–Kier alpha value is -9.33. The van der Waals surface area contributed by atoms with Gasteiger partial charge in [-0.1, -0.05) is 14.9 Å². The van der Waals surface area contributed by atoms with Crippen molar-refractivity contribution in [3.8, 4) is 0 Å². The minimum atomic E-state index is -3.79. The van der Waals surface area contributed by atoms with Gasteiger partial charge >= 0.3 is 5.97 Å². The summed E-state index contributed by atoms with van der Waals surface area (Å²) in [6, 6.07) is 20.7. The van der Waals surface area contributed by atoms with E-state index < -0.39 is 36.0 Å². The van der Waals surface area contributed by atoms with Gasteiger partial charge < -0.3 is 31.4 Å². The molecule has 13 rings (SSSR count). The standard InChI is InChI=1S/C19H20N6O3S.C19H18N6O2S.C15H16N6O2S.C4H6O2.2CH4/c1-11-2-7-15-17(22-8-13-5-6-14(9-21-13)29(20,27)28)16(10-23-18(15)24-11)25-19(26)12-3-4-12;1-11-2-7-15-17-16(9-22-18(15)23-11)24-19(12-3-4-12)25(17)10-13-5-6-14(8-21-13)28(20,26)27;1-9-2-5-12-14(13(16)8-20-15(12)21-9)19-6-10-3-4-11(7-18-10)24(17,22)23;5-4(6)3-1-2-3;;/h2,5-7,9-10,12H,3-4,8H2,1H3,(H,25,26)(H2,20,27,28)(H,22,23,24);2,5-9,12H,3-4,10H2,1H3,(H2,20,26,27);2-5,7-8H,6,16H2,1H3,(H2,17,22,23)(H,19,20,21);3H,1-2H2,(H,5,6);2*1H4. The second-order valence-electron chi connectivity index (χ2n) is 21.1. The number of hydrogen-bond acceptors (Lipinski definition) is 21. The molecule has 466 valence electrons. The number of rotatable bonds is 15. The zero-order chi connectivity index (χ0) is 62.0. The van der Waals surface area contributed by atoms with Crippen LogP contribution in [0.1, 0.15) is 99.3 Å². The van der Waals surface area contributed by atoms with Gasteiger partial charge in [0.15, 0.2) is 16.9 Å². The summed E-state index contributed by atoms with van der Waals surface area (Å²) in [5.74, 6) is 0.874. The lowest BCUT2D eigenvalue weighted by molar-refractivity contribution is -0.138. The molecule has 27 nitrogen and oxygen atoms in total. The third kappa shape index (κ3) is 16.4. The SMILES string of the molecule is C.C.Cc1ccc2c(NCc3ccc(S(N)(=O)=O)cn3)c(N)cnc2n1.Cc1ccc2c(NCc3ccc(S(N)(=O)=O)cn3)c(NC(=O)C3CC3)cnc2n1.Cc1ccc2c(ncc3nc(C4CC4)n(Cc4ccc(S(N)(=O)=O)cn4)c32)n1.O=C(O)C1CC1. The highest BCUT2D eigenvalue weighted by atomic mass is 32.2. The fraction of sp³-hybridized carbons (Fsp3) is 0.288. The van der Waals surface area contributed by atoms with E-state index in [0.29, 0.717) is 76.6 Å². The number of hydrogen-bond donors (Lipinski definition) is 8. The Balaban J connectivity index is 0.000000163. The average molecular weight is 1270 g/mol. The van der Waals surface area contributed by atoms with Crippen LogP contribution in [0.5, 0.6) is 0 Å². The first-order chi connectivity index (χ1) is 41.4. The molecule has 0 saturated heterocycles. The number of nitrogens with one attached hydrogen (secondary N) is 3. The monoisotopic (exact) mass is 1270 g/mol. The number of carboxylic acid groups (broad SMARTS) is 1. The number of primary sulfonamides is 3. The molecule has 10 aromatic rings. The van der Waals surface area contributed by atoms with Crippen LogP contribution in [0.15, 0.2) is 125 Å². The van der Waals surface area contributed by atoms with E-state index in [0.717, 1.165) is 94.3 Å². The number of carbonyl (C=O) groups is 2. The van der Waals surface area contributed by atoms with Crippen LogP contribution in [0, 0.1) is 32.6 Å². The molecule has 89 heavy (non-hydrogen) atoms. The smallest absolute Gasteiger partial charge is 0.306 e. The number of nitrogens with two attached hydrogens (primary N) is 4. The molecule has 0 bridgehead atoms. The van der Waals surface area contributed by atoms with Gasteiger partial charge in [0.1, 0.15) is 26.0 Å². The molecule has 3 fully saturated rings. The van der Waals surface area contributed by atoms with Crippen molar-refractivity contribution in [1.29, 1.82) is 0 Å². The molecule has 3 saturated carbocycles. The van der Waals surface area contributed by atoms with E-state index in [1.807, 2.05) is 57.2 Å². The number of pyridine rings is 9. The van der Waals surface area contributed by atoms with Crippen LogP contribution in [0.25, 0.3) is 44.1 Å². The first-order valence-electron chi connectivity index (χ1n) is 27.2. The summed E-state index contributed by atoms with van der Waals surface area (Å²) in [5, 5.41) is 35.3. The van der Waals surface area contributed by atoms with E-state index in [1.54, 1.807) is 36.8 Å². The highest BCUT2D eigenvalue weighted by Crippen LogP contribution is 2.42. The first-order valence-corrected chi connectivity index (χ1v) is 31.9. The third-order valence-electron chi connectivity index (χ3n) is 14.0. The summed E-state index contributed by atoms with van der Waals surface area (Å²) < 4.78 is 70.3. The summed E-state index contributed by atoms with van der Waals surface area (Å²) in [5.41, 5.74) is 16.7. The fourth-order valence-corrected chi connectivity index (χ4v) is 10.3. The largest absolute Gasteiger partial charge is 0.481 e. The maximum Gasteiger partial charge on any atom is 0.306 e. The zero-order valence-electron chi connectivity index (χ0n) is 47.2. The Morgan fingerprint density at radius 3 is 1.40 bits per heavy atom. The average Bonchev–Trinajstić information content (AvgIpc) is 1.62. The van der Waals surface area contributed by atoms with Gasteiger partial charge in [0.25, 0.3) is 0 Å². The molecule has 0 atom stereocenters. The molecule has 0 spiro atoms. The van der Waals surface area contributed by atoms with Crippen molar-refractivity contribution in [3.63, 3.8) is 0 Å². The van der Waals surface area contributed by atoms with Crippen molar-refractivity contribution >= 4 is 109 Å². The molecule has 0 unspecified atom stereocenters. The topological polar surface area (TPSA) is 431 Å². The minimum Gasteiger partial charge on any atom is -0.481 e. The minimum absolute atomic E-state index is 0. The van der Waals surface area contributed by atoms with Crippen molar-refractivity contribution in [1.82, 2.24) is 54.4 Å². The molecule has 3 aliphatic carbocycles. The van der Waals surface area contributed by atoms with Crippen molar-refractivity contribution in [2.45, 2.75) is 114 Å². The van der Waals surface area contributed by atoms with E-state index >= 15 is 0 Å². The number of nitrogen functional groups attached to an aromatic ring is 1. The summed E-state index contributed by atoms with van der Waals surface area (Å²) in [4.78, 5) is 65.7. The van der Waals surface area contributed by atoms with Gasteiger partial charge in [-0.2, -0.15) is 0 Å². The van der Waals surface area contributed by atoms with Crippen LogP contribution in [-0.2, 0) is 59.3 Å². The maximum atomic E-state index is 12.3. The van der Waals surface area contributed by atoms with Gasteiger partial charge in [-0.3, -0.25) is 24.5 Å². The number of imidazole rings is 1. The molecular formula is C59H68N18O9S3. The van der Waals surface area contributed by atoms with Crippen molar-refractivity contribution in [2.24, 2.45) is 27.3 Å². The number of carboxylic acids is 1. The van der Waals surface area contributed by atoms with Crippen LogP contribution >= 0.6 is 0 Å². The Bertz CT molecular complexity index is 4630. The van der Waals surface area contributed by atoms with Gasteiger partial charge in [0.05, 0.1) is 89.5 Å². The number of aromatic nitrogens is 11. The number of anilines is 4. The molecule has 0 radical (unpaired) electrons. The number of nitrogens with zero attached hydrogens (tertiary/aromatic N) is 11. The van der Waals surface area contributed by atoms with Crippen LogP contribution in [0.4, 0.5) is 22.7 Å². The fourth-order valence-electron chi connectivity index (χ4n) is 8.94. The highest BCUT2D eigenvalue weighted by molar-refractivity contribution is 7.89. The molecule has 10 heterocycles. The molecule has 30 heteroatoms.